The quantitative estimate of drug-likeness (QED) is 0.879. The first-order chi connectivity index (χ1) is 8.67. The number of rotatable bonds is 4. The van der Waals surface area contributed by atoms with Crippen LogP contribution in [-0.4, -0.2) is 26.5 Å². The molecular formula is C10H8BrF2N5. The lowest BCUT2D eigenvalue weighted by Crippen LogP contribution is -2.09. The number of fused-ring (bicyclic) bond motifs is 1. The van der Waals surface area contributed by atoms with Crippen molar-refractivity contribution in [2.75, 3.05) is 17.2 Å². The molecule has 0 spiro atoms. The van der Waals surface area contributed by atoms with Gasteiger partial charge in [-0.15, -0.1) is 0 Å². The van der Waals surface area contributed by atoms with Gasteiger partial charge in [0.15, 0.2) is 5.65 Å². The standard InChI is InChI=1S/C10H8BrF2N5/c11-1-2-15-8-3-7(9(12)13)17-10-6(4-14)5-16-18(8)10/h3,5,9,15H,1-2H2. The number of halogens is 3. The van der Waals surface area contributed by atoms with Crippen LogP contribution in [0.5, 0.6) is 0 Å². The largest absolute Gasteiger partial charge is 0.369 e. The number of anilines is 1. The van der Waals surface area contributed by atoms with Crippen LogP contribution in [0.2, 0.25) is 0 Å². The molecule has 0 saturated heterocycles. The summed E-state index contributed by atoms with van der Waals surface area (Å²) in [5, 5.41) is 16.4. The highest BCUT2D eigenvalue weighted by molar-refractivity contribution is 9.09. The zero-order chi connectivity index (χ0) is 13.1. The van der Waals surface area contributed by atoms with E-state index in [-0.39, 0.29) is 16.9 Å². The van der Waals surface area contributed by atoms with Gasteiger partial charge in [-0.25, -0.2) is 13.8 Å². The van der Waals surface area contributed by atoms with Gasteiger partial charge in [0.2, 0.25) is 0 Å². The topological polar surface area (TPSA) is 66.0 Å². The summed E-state index contributed by atoms with van der Waals surface area (Å²) in [5.41, 5.74) is -0.0802. The third-order valence-corrected chi connectivity index (χ3v) is 2.63. The number of alkyl halides is 3. The molecule has 2 aromatic rings. The Bertz CT molecular complexity index is 604. The average Bonchev–Trinajstić information content (AvgIpc) is 2.78. The summed E-state index contributed by atoms with van der Waals surface area (Å²) >= 11 is 3.23. The molecule has 0 aliphatic rings. The number of nitrogens with zero attached hydrogens (tertiary/aromatic N) is 4. The van der Waals surface area contributed by atoms with Gasteiger partial charge in [0.25, 0.3) is 6.43 Å². The number of aromatic nitrogens is 3. The number of nitriles is 1. The zero-order valence-electron chi connectivity index (χ0n) is 9.07. The van der Waals surface area contributed by atoms with Crippen LogP contribution in [-0.2, 0) is 0 Å². The van der Waals surface area contributed by atoms with Crippen LogP contribution in [0.25, 0.3) is 5.65 Å². The molecule has 94 valence electrons. The molecule has 0 atom stereocenters. The molecule has 1 N–H and O–H groups in total. The molecule has 0 aliphatic heterocycles. The van der Waals surface area contributed by atoms with Crippen LogP contribution in [0.15, 0.2) is 12.3 Å². The van der Waals surface area contributed by atoms with Crippen molar-refractivity contribution in [3.8, 4) is 6.07 Å². The summed E-state index contributed by atoms with van der Waals surface area (Å²) in [6, 6.07) is 3.10. The predicted octanol–water partition coefficient (Wildman–Crippen LogP) is 2.35. The minimum atomic E-state index is -2.69. The van der Waals surface area contributed by atoms with Gasteiger partial charge in [0.1, 0.15) is 23.1 Å². The van der Waals surface area contributed by atoms with E-state index in [0.717, 1.165) is 0 Å². The fourth-order valence-corrected chi connectivity index (χ4v) is 1.67. The minimum absolute atomic E-state index is 0.132. The third kappa shape index (κ3) is 2.26. The maximum atomic E-state index is 12.7. The molecule has 0 amide bonds. The molecule has 2 aromatic heterocycles. The minimum Gasteiger partial charge on any atom is -0.369 e. The van der Waals surface area contributed by atoms with Crippen molar-refractivity contribution in [1.29, 1.82) is 5.26 Å². The van der Waals surface area contributed by atoms with Crippen molar-refractivity contribution in [2.24, 2.45) is 0 Å². The highest BCUT2D eigenvalue weighted by atomic mass is 79.9. The Labute approximate surface area is 110 Å². The van der Waals surface area contributed by atoms with E-state index in [1.807, 2.05) is 6.07 Å². The highest BCUT2D eigenvalue weighted by Gasteiger charge is 2.16. The number of hydrogen-bond donors (Lipinski definition) is 1. The molecule has 0 saturated carbocycles. The van der Waals surface area contributed by atoms with E-state index in [9.17, 15) is 8.78 Å². The van der Waals surface area contributed by atoms with Gasteiger partial charge in [0.05, 0.1) is 6.20 Å². The van der Waals surface area contributed by atoms with Gasteiger partial charge in [-0.3, -0.25) is 0 Å². The predicted molar refractivity (Wildman–Crippen MR) is 64.9 cm³/mol. The lowest BCUT2D eigenvalue weighted by Gasteiger charge is -2.09. The smallest absolute Gasteiger partial charge is 0.280 e. The monoisotopic (exact) mass is 315 g/mol. The number of hydrogen-bond acceptors (Lipinski definition) is 4. The fourth-order valence-electron chi connectivity index (χ4n) is 1.47. The van der Waals surface area contributed by atoms with Gasteiger partial charge < -0.3 is 5.32 Å². The molecule has 0 fully saturated rings. The van der Waals surface area contributed by atoms with Crippen LogP contribution in [0.3, 0.4) is 0 Å². The molecule has 2 rings (SSSR count). The highest BCUT2D eigenvalue weighted by Crippen LogP contribution is 2.22. The first-order valence-electron chi connectivity index (χ1n) is 5.04. The van der Waals surface area contributed by atoms with E-state index in [1.165, 1.54) is 16.8 Å². The Kier molecular flexibility index (Phi) is 3.72. The summed E-state index contributed by atoms with van der Waals surface area (Å²) in [6.45, 7) is 0.545. The molecule has 8 heteroatoms. The first-order valence-corrected chi connectivity index (χ1v) is 6.16. The number of nitrogens with one attached hydrogen (secondary N) is 1. The van der Waals surface area contributed by atoms with Crippen molar-refractivity contribution in [3.05, 3.63) is 23.5 Å². The fraction of sp³-hybridized carbons (Fsp3) is 0.300. The van der Waals surface area contributed by atoms with E-state index in [4.69, 9.17) is 5.26 Å². The molecule has 2 heterocycles. The Balaban J connectivity index is 2.60. The molecular weight excluding hydrogens is 308 g/mol. The van der Waals surface area contributed by atoms with Crippen LogP contribution < -0.4 is 5.32 Å². The summed E-state index contributed by atoms with van der Waals surface area (Å²) in [4.78, 5) is 3.75. The van der Waals surface area contributed by atoms with Crippen molar-refractivity contribution in [3.63, 3.8) is 0 Å². The van der Waals surface area contributed by atoms with Crippen molar-refractivity contribution < 1.29 is 8.78 Å². The normalized spacial score (nSPS) is 10.8. The summed E-state index contributed by atoms with van der Waals surface area (Å²) < 4.78 is 26.8. The Morgan fingerprint density at radius 2 is 2.33 bits per heavy atom. The van der Waals surface area contributed by atoms with Gasteiger partial charge in [-0.05, 0) is 0 Å². The summed E-state index contributed by atoms with van der Waals surface area (Å²) in [7, 11) is 0. The van der Waals surface area contributed by atoms with E-state index in [2.05, 4.69) is 31.3 Å². The maximum Gasteiger partial charge on any atom is 0.280 e. The third-order valence-electron chi connectivity index (χ3n) is 2.24. The second-order valence-electron chi connectivity index (χ2n) is 3.39. The van der Waals surface area contributed by atoms with E-state index in [0.29, 0.717) is 17.7 Å². The van der Waals surface area contributed by atoms with E-state index in [1.54, 1.807) is 0 Å². The van der Waals surface area contributed by atoms with Gasteiger partial charge in [-0.2, -0.15) is 14.9 Å². The van der Waals surface area contributed by atoms with Crippen molar-refractivity contribution in [1.82, 2.24) is 14.6 Å². The first kappa shape index (κ1) is 12.7. The molecule has 0 bridgehead atoms. The van der Waals surface area contributed by atoms with E-state index >= 15 is 0 Å². The van der Waals surface area contributed by atoms with Crippen LogP contribution in [0.1, 0.15) is 17.7 Å². The lowest BCUT2D eigenvalue weighted by atomic mass is 10.3. The SMILES string of the molecule is N#Cc1cnn2c(NCCBr)cc(C(F)F)nc12. The molecule has 18 heavy (non-hydrogen) atoms. The van der Waals surface area contributed by atoms with Gasteiger partial charge in [0, 0.05) is 17.9 Å². The van der Waals surface area contributed by atoms with Crippen LogP contribution in [0, 0.1) is 11.3 Å². The molecule has 0 aromatic carbocycles. The molecule has 0 radical (unpaired) electrons. The zero-order valence-corrected chi connectivity index (χ0v) is 10.7. The Morgan fingerprint density at radius 3 is 2.94 bits per heavy atom. The van der Waals surface area contributed by atoms with Crippen LogP contribution >= 0.6 is 15.9 Å². The lowest BCUT2D eigenvalue weighted by molar-refractivity contribution is 0.146. The molecule has 5 nitrogen and oxygen atoms in total. The van der Waals surface area contributed by atoms with Gasteiger partial charge in [-0.1, -0.05) is 15.9 Å². The second-order valence-corrected chi connectivity index (χ2v) is 4.18. The molecule has 0 aliphatic carbocycles. The average molecular weight is 316 g/mol. The maximum absolute atomic E-state index is 12.7. The van der Waals surface area contributed by atoms with Crippen molar-refractivity contribution in [2.45, 2.75) is 6.43 Å². The van der Waals surface area contributed by atoms with Crippen molar-refractivity contribution >= 4 is 27.4 Å². The Morgan fingerprint density at radius 1 is 1.56 bits per heavy atom. The summed E-state index contributed by atoms with van der Waals surface area (Å²) in [6.07, 6.45) is -1.39. The van der Waals surface area contributed by atoms with Crippen LogP contribution in [0.4, 0.5) is 14.6 Å². The molecule has 0 unspecified atom stereocenters. The van der Waals surface area contributed by atoms with E-state index < -0.39 is 6.43 Å². The Hall–Kier alpha value is -1.75. The second kappa shape index (κ2) is 5.27. The summed E-state index contributed by atoms with van der Waals surface area (Å²) in [5.74, 6) is 0.385. The van der Waals surface area contributed by atoms with Gasteiger partial charge >= 0.3 is 0 Å².